The molecule has 0 spiro atoms. The van der Waals surface area contributed by atoms with Gasteiger partial charge in [-0.3, -0.25) is 14.2 Å². The van der Waals surface area contributed by atoms with Crippen LogP contribution in [0.4, 0.5) is 0 Å². The quantitative estimate of drug-likeness (QED) is 0.608. The molecule has 0 bridgehead atoms. The molecule has 6 heteroatoms. The van der Waals surface area contributed by atoms with E-state index < -0.39 is 0 Å². The highest BCUT2D eigenvalue weighted by Gasteiger charge is 2.18. The molecule has 1 aromatic heterocycles. The summed E-state index contributed by atoms with van der Waals surface area (Å²) >= 11 is 0. The highest BCUT2D eigenvalue weighted by atomic mass is 16.5. The summed E-state index contributed by atoms with van der Waals surface area (Å²) < 4.78 is 10.8. The lowest BCUT2D eigenvalue weighted by Gasteiger charge is -2.19. The molecule has 1 aromatic rings. The van der Waals surface area contributed by atoms with E-state index in [1.54, 1.807) is 31.5 Å². The Morgan fingerprint density at radius 2 is 1.83 bits per heavy atom. The molecular weight excluding hydrogens is 308 g/mol. The third-order valence-corrected chi connectivity index (χ3v) is 3.30. The molecule has 0 saturated carbocycles. The van der Waals surface area contributed by atoms with Gasteiger partial charge in [0.05, 0.1) is 19.4 Å². The van der Waals surface area contributed by atoms with Crippen molar-refractivity contribution in [2.75, 3.05) is 13.7 Å². The van der Waals surface area contributed by atoms with Gasteiger partial charge in [-0.05, 0) is 26.7 Å². The van der Waals surface area contributed by atoms with Crippen molar-refractivity contribution in [2.45, 2.75) is 47.5 Å². The summed E-state index contributed by atoms with van der Waals surface area (Å²) in [6.45, 7) is 16.0. The summed E-state index contributed by atoms with van der Waals surface area (Å²) in [5, 5.41) is 0. The molecule has 138 valence electrons. The highest BCUT2D eigenvalue weighted by molar-refractivity contribution is 5.36. The Hall–Kier alpha value is -2.11. The molecule has 0 N–H and O–H groups in total. The molecule has 0 aliphatic rings. The number of nitrogens with zero attached hydrogens (tertiary/aromatic N) is 2. The Labute approximate surface area is 145 Å². The molecule has 0 amide bonds. The summed E-state index contributed by atoms with van der Waals surface area (Å²) in [6, 6.07) is 0. The van der Waals surface area contributed by atoms with Crippen LogP contribution in [-0.4, -0.2) is 29.7 Å². The second-order valence-corrected chi connectivity index (χ2v) is 5.45. The maximum absolute atomic E-state index is 12.0. The smallest absolute Gasteiger partial charge is 0.295 e. The Morgan fingerprint density at radius 1 is 1.33 bits per heavy atom. The summed E-state index contributed by atoms with van der Waals surface area (Å²) in [5.41, 5.74) is 0.547. The van der Waals surface area contributed by atoms with Crippen LogP contribution in [0.15, 0.2) is 17.4 Å². The number of ether oxygens (including phenoxy) is 2. The summed E-state index contributed by atoms with van der Waals surface area (Å²) in [5.74, 6) is 1.86. The van der Waals surface area contributed by atoms with Crippen LogP contribution in [0.2, 0.25) is 0 Å². The van der Waals surface area contributed by atoms with Crippen LogP contribution in [0.25, 0.3) is 0 Å². The first-order valence-corrected chi connectivity index (χ1v) is 7.96. The molecule has 0 saturated heterocycles. The lowest BCUT2D eigenvalue weighted by Crippen LogP contribution is -2.27. The SMILES string of the molecule is C=CC.CCOC=O.COc1c(C)nc(C(C)C(C)C)n(C)c1=O. The molecule has 24 heavy (non-hydrogen) atoms. The monoisotopic (exact) mass is 340 g/mol. The minimum absolute atomic E-state index is 0.113. The fraction of sp³-hybridized carbons (Fsp3) is 0.611. The van der Waals surface area contributed by atoms with Crippen molar-refractivity contribution in [3.05, 3.63) is 34.5 Å². The third-order valence-electron chi connectivity index (χ3n) is 3.30. The van der Waals surface area contributed by atoms with Gasteiger partial charge in [0.15, 0.2) is 0 Å². The molecular formula is C18H32N2O4. The maximum atomic E-state index is 12.0. The summed E-state index contributed by atoms with van der Waals surface area (Å²) in [7, 11) is 3.24. The zero-order valence-electron chi connectivity index (χ0n) is 16.3. The number of carbonyl (C=O) groups excluding carboxylic acids is 1. The molecule has 1 unspecified atom stereocenters. The number of methoxy groups -OCH3 is 1. The second-order valence-electron chi connectivity index (χ2n) is 5.45. The third kappa shape index (κ3) is 7.94. The van der Waals surface area contributed by atoms with Gasteiger partial charge >= 0.3 is 0 Å². The highest BCUT2D eigenvalue weighted by Crippen LogP contribution is 2.22. The van der Waals surface area contributed by atoms with Crippen LogP contribution in [0.3, 0.4) is 0 Å². The van der Waals surface area contributed by atoms with E-state index in [0.29, 0.717) is 30.4 Å². The number of hydrogen-bond acceptors (Lipinski definition) is 5. The van der Waals surface area contributed by atoms with Gasteiger partial charge < -0.3 is 9.47 Å². The molecule has 1 rings (SSSR count). The van der Waals surface area contributed by atoms with Gasteiger partial charge in [0.1, 0.15) is 5.82 Å². The van der Waals surface area contributed by atoms with Crippen molar-refractivity contribution in [3.63, 3.8) is 0 Å². The topological polar surface area (TPSA) is 70.4 Å². The molecule has 0 aromatic carbocycles. The Balaban J connectivity index is 0. The number of carbonyl (C=O) groups is 1. The van der Waals surface area contributed by atoms with Crippen LogP contribution in [0.5, 0.6) is 5.75 Å². The fourth-order valence-corrected chi connectivity index (χ4v) is 1.72. The van der Waals surface area contributed by atoms with Gasteiger partial charge in [-0.2, -0.15) is 0 Å². The lowest BCUT2D eigenvalue weighted by atomic mass is 9.97. The zero-order valence-corrected chi connectivity index (χ0v) is 16.3. The van der Waals surface area contributed by atoms with Crippen LogP contribution in [0, 0.1) is 12.8 Å². The molecule has 0 radical (unpaired) electrons. The van der Waals surface area contributed by atoms with E-state index >= 15 is 0 Å². The largest absolute Gasteiger partial charge is 0.490 e. The van der Waals surface area contributed by atoms with Gasteiger partial charge in [-0.1, -0.05) is 26.8 Å². The van der Waals surface area contributed by atoms with E-state index in [-0.39, 0.29) is 11.5 Å². The molecule has 1 heterocycles. The first-order chi connectivity index (χ1) is 11.2. The van der Waals surface area contributed by atoms with Crippen LogP contribution >= 0.6 is 0 Å². The van der Waals surface area contributed by atoms with Crippen molar-refractivity contribution in [1.29, 1.82) is 0 Å². The number of aryl methyl sites for hydroxylation is 1. The maximum Gasteiger partial charge on any atom is 0.295 e. The van der Waals surface area contributed by atoms with Gasteiger partial charge in [-0.25, -0.2) is 4.98 Å². The normalized spacial score (nSPS) is 10.5. The number of hydrogen-bond donors (Lipinski definition) is 0. The molecule has 1 atom stereocenters. The van der Waals surface area contributed by atoms with Crippen molar-refractivity contribution in [2.24, 2.45) is 13.0 Å². The lowest BCUT2D eigenvalue weighted by molar-refractivity contribution is -0.128. The predicted octanol–water partition coefficient (Wildman–Crippen LogP) is 3.23. The first-order valence-electron chi connectivity index (χ1n) is 7.96. The van der Waals surface area contributed by atoms with Gasteiger partial charge in [0.2, 0.25) is 5.75 Å². The van der Waals surface area contributed by atoms with Crippen LogP contribution in [-0.2, 0) is 16.6 Å². The predicted molar refractivity (Wildman–Crippen MR) is 97.6 cm³/mol. The molecule has 6 nitrogen and oxygen atoms in total. The van der Waals surface area contributed by atoms with E-state index in [4.69, 9.17) is 4.74 Å². The molecule has 0 aliphatic heterocycles. The standard InChI is InChI=1S/C12H20N2O2.C3H6O2.C3H6/c1-7(2)8(3)11-13-9(4)10(16-6)12(15)14(11)5;1-2-5-3-4;1-3-2/h7-8H,1-6H3;3H,2H2,1H3;3H,1H2,2H3. The Bertz CT molecular complexity index is 551. The summed E-state index contributed by atoms with van der Waals surface area (Å²) in [6.07, 6.45) is 1.75. The minimum atomic E-state index is -0.113. The van der Waals surface area contributed by atoms with Crippen LogP contribution in [0.1, 0.15) is 52.1 Å². The minimum Gasteiger partial charge on any atom is -0.490 e. The number of allylic oxidation sites excluding steroid dienone is 1. The van der Waals surface area contributed by atoms with E-state index in [0.717, 1.165) is 5.82 Å². The average Bonchev–Trinajstić information content (AvgIpc) is 2.53. The fourth-order valence-electron chi connectivity index (χ4n) is 1.72. The van der Waals surface area contributed by atoms with Gasteiger partial charge in [0.25, 0.3) is 12.0 Å². The van der Waals surface area contributed by atoms with Gasteiger partial charge in [-0.15, -0.1) is 6.58 Å². The van der Waals surface area contributed by atoms with Crippen molar-refractivity contribution in [1.82, 2.24) is 9.55 Å². The van der Waals surface area contributed by atoms with E-state index in [2.05, 4.69) is 37.1 Å². The summed E-state index contributed by atoms with van der Waals surface area (Å²) in [4.78, 5) is 25.6. The van der Waals surface area contributed by atoms with E-state index in [1.807, 2.05) is 6.92 Å². The molecule has 0 aliphatic carbocycles. The van der Waals surface area contributed by atoms with Gasteiger partial charge in [0, 0.05) is 13.0 Å². The second kappa shape index (κ2) is 13.3. The van der Waals surface area contributed by atoms with Crippen LogP contribution < -0.4 is 10.3 Å². The van der Waals surface area contributed by atoms with Crippen molar-refractivity contribution < 1.29 is 14.3 Å². The first kappa shape index (κ1) is 24.1. The van der Waals surface area contributed by atoms with Crippen molar-refractivity contribution in [3.8, 4) is 5.75 Å². The Kier molecular flexibility index (Phi) is 13.4. The number of aromatic nitrogens is 2. The molecule has 0 fully saturated rings. The average molecular weight is 340 g/mol. The zero-order chi connectivity index (χ0) is 19.3. The Morgan fingerprint density at radius 3 is 2.12 bits per heavy atom. The number of rotatable bonds is 5. The van der Waals surface area contributed by atoms with E-state index in [1.165, 1.54) is 7.11 Å². The van der Waals surface area contributed by atoms with E-state index in [9.17, 15) is 9.59 Å². The van der Waals surface area contributed by atoms with Crippen molar-refractivity contribution >= 4 is 6.47 Å².